The minimum Gasteiger partial charge on any atom is -0.508 e. The predicted molar refractivity (Wildman–Crippen MR) is 195 cm³/mol. The number of hydrogen-bond donors (Lipinski definition) is 2. The van der Waals surface area contributed by atoms with Crippen molar-refractivity contribution in [1.29, 1.82) is 0 Å². The van der Waals surface area contributed by atoms with Crippen LogP contribution in [-0.2, 0) is 38.1 Å². The van der Waals surface area contributed by atoms with Gasteiger partial charge in [-0.2, -0.15) is 0 Å². The SMILES string of the molecule is CC(C)(C)OC(=O)CN(CC(=O)OC(C)(C)C)c1cc(O)ccc1OCCOc1ccc(O)cc1N(CC(=O)OC(C)(C)C)CC(=O)OC(C)(C)C. The fourth-order valence-corrected chi connectivity index (χ4v) is 4.62. The van der Waals surface area contributed by atoms with Crippen molar-refractivity contribution < 1.29 is 57.8 Å². The molecule has 0 aliphatic carbocycles. The molecule has 0 saturated heterocycles. The summed E-state index contributed by atoms with van der Waals surface area (Å²) in [6.45, 7) is 19.1. The van der Waals surface area contributed by atoms with Gasteiger partial charge in [0.2, 0.25) is 0 Å². The van der Waals surface area contributed by atoms with Gasteiger partial charge in [0.25, 0.3) is 0 Å². The molecule has 0 heterocycles. The monoisotopic (exact) mass is 732 g/mol. The Bertz CT molecular complexity index is 1370. The predicted octanol–water partition coefficient (Wildman–Crippen LogP) is 5.54. The maximum absolute atomic E-state index is 12.9. The van der Waals surface area contributed by atoms with Crippen LogP contribution >= 0.6 is 0 Å². The zero-order valence-corrected chi connectivity index (χ0v) is 32.6. The van der Waals surface area contributed by atoms with Gasteiger partial charge in [0.15, 0.2) is 0 Å². The van der Waals surface area contributed by atoms with E-state index in [-0.39, 0.29) is 73.8 Å². The average Bonchev–Trinajstić information content (AvgIpc) is 2.91. The molecule has 0 bridgehead atoms. The molecule has 14 nitrogen and oxygen atoms in total. The van der Waals surface area contributed by atoms with Crippen LogP contribution in [0, 0.1) is 0 Å². The Labute approximate surface area is 306 Å². The van der Waals surface area contributed by atoms with Crippen molar-refractivity contribution in [3.63, 3.8) is 0 Å². The summed E-state index contributed by atoms with van der Waals surface area (Å²) in [5.74, 6) is -2.30. The van der Waals surface area contributed by atoms with Crippen molar-refractivity contribution in [3.05, 3.63) is 36.4 Å². The summed E-state index contributed by atoms with van der Waals surface area (Å²) in [4.78, 5) is 54.3. The maximum atomic E-state index is 12.9. The highest BCUT2D eigenvalue weighted by Gasteiger charge is 2.28. The first-order valence-corrected chi connectivity index (χ1v) is 17.0. The lowest BCUT2D eigenvalue weighted by molar-refractivity contribution is -0.156. The van der Waals surface area contributed by atoms with Crippen molar-refractivity contribution in [2.45, 2.75) is 105 Å². The van der Waals surface area contributed by atoms with Gasteiger partial charge in [-0.15, -0.1) is 0 Å². The first kappa shape index (κ1) is 43.3. The lowest BCUT2D eigenvalue weighted by Crippen LogP contribution is -2.40. The van der Waals surface area contributed by atoms with Crippen LogP contribution in [0.5, 0.6) is 23.0 Å². The van der Waals surface area contributed by atoms with Gasteiger partial charge < -0.3 is 48.4 Å². The number of benzene rings is 2. The average molecular weight is 733 g/mol. The Morgan fingerprint density at radius 1 is 0.481 bits per heavy atom. The Kier molecular flexibility index (Phi) is 14.6. The minimum absolute atomic E-state index is 0.0665. The zero-order valence-electron chi connectivity index (χ0n) is 32.6. The molecule has 0 aromatic heterocycles. The summed E-state index contributed by atoms with van der Waals surface area (Å²) in [7, 11) is 0. The van der Waals surface area contributed by atoms with Crippen molar-refractivity contribution in [3.8, 4) is 23.0 Å². The van der Waals surface area contributed by atoms with E-state index in [9.17, 15) is 29.4 Å². The van der Waals surface area contributed by atoms with Gasteiger partial charge in [-0.3, -0.25) is 19.2 Å². The summed E-state index contributed by atoms with van der Waals surface area (Å²) in [6.07, 6.45) is 0. The molecule has 2 aromatic rings. The van der Waals surface area contributed by atoms with Gasteiger partial charge in [-0.25, -0.2) is 0 Å². The number of phenolic OH excluding ortho intramolecular Hbond substituents is 2. The number of rotatable bonds is 15. The van der Waals surface area contributed by atoms with Crippen molar-refractivity contribution in [2.24, 2.45) is 0 Å². The highest BCUT2D eigenvalue weighted by Crippen LogP contribution is 2.34. The fraction of sp³-hybridized carbons (Fsp3) is 0.579. The van der Waals surface area contributed by atoms with Gasteiger partial charge in [0.1, 0.15) is 84.8 Å². The molecule has 14 heteroatoms. The highest BCUT2D eigenvalue weighted by molar-refractivity contribution is 5.84. The van der Waals surface area contributed by atoms with E-state index in [0.717, 1.165) is 0 Å². The van der Waals surface area contributed by atoms with Crippen LogP contribution < -0.4 is 19.3 Å². The van der Waals surface area contributed by atoms with E-state index >= 15 is 0 Å². The van der Waals surface area contributed by atoms with Crippen molar-refractivity contribution in [1.82, 2.24) is 0 Å². The molecule has 0 aliphatic rings. The molecule has 0 fully saturated rings. The topological polar surface area (TPSA) is 171 Å². The van der Waals surface area contributed by atoms with E-state index in [1.54, 1.807) is 83.1 Å². The molecule has 52 heavy (non-hydrogen) atoms. The highest BCUT2D eigenvalue weighted by atomic mass is 16.6. The smallest absolute Gasteiger partial charge is 0.326 e. The number of hydrogen-bond acceptors (Lipinski definition) is 14. The van der Waals surface area contributed by atoms with E-state index in [1.165, 1.54) is 46.2 Å². The lowest BCUT2D eigenvalue weighted by Gasteiger charge is -2.29. The number of nitrogens with zero attached hydrogens (tertiary/aromatic N) is 2. The quantitative estimate of drug-likeness (QED) is 0.133. The lowest BCUT2D eigenvalue weighted by atomic mass is 10.2. The number of anilines is 2. The molecule has 2 aromatic carbocycles. The van der Waals surface area contributed by atoms with Gasteiger partial charge in [-0.1, -0.05) is 0 Å². The van der Waals surface area contributed by atoms with E-state index in [2.05, 4.69) is 0 Å². The number of ether oxygens (including phenoxy) is 6. The van der Waals surface area contributed by atoms with Crippen LogP contribution in [0.25, 0.3) is 0 Å². The largest absolute Gasteiger partial charge is 0.508 e. The van der Waals surface area contributed by atoms with Gasteiger partial charge in [0.05, 0.1) is 11.4 Å². The molecule has 0 saturated carbocycles. The molecule has 0 amide bonds. The van der Waals surface area contributed by atoms with Crippen LogP contribution in [0.2, 0.25) is 0 Å². The molecule has 0 unspecified atom stereocenters. The molecule has 0 spiro atoms. The van der Waals surface area contributed by atoms with E-state index in [1.807, 2.05) is 0 Å². The minimum atomic E-state index is -0.785. The van der Waals surface area contributed by atoms with Crippen LogP contribution in [0.1, 0.15) is 83.1 Å². The summed E-state index contributed by atoms with van der Waals surface area (Å²) in [6, 6.07) is 8.46. The third-order valence-electron chi connectivity index (χ3n) is 6.12. The number of aromatic hydroxyl groups is 2. The van der Waals surface area contributed by atoms with Crippen molar-refractivity contribution >= 4 is 35.3 Å². The van der Waals surface area contributed by atoms with Crippen LogP contribution in [0.3, 0.4) is 0 Å². The maximum Gasteiger partial charge on any atom is 0.326 e. The molecule has 0 radical (unpaired) electrons. The Morgan fingerprint density at radius 3 is 0.962 bits per heavy atom. The van der Waals surface area contributed by atoms with Crippen LogP contribution in [-0.4, -0.2) is 95.9 Å². The van der Waals surface area contributed by atoms with E-state index in [0.29, 0.717) is 0 Å². The number of carbonyl (C=O) groups excluding carboxylic acids is 4. The summed E-state index contributed by atoms with van der Waals surface area (Å²) >= 11 is 0. The molecule has 0 aliphatic heterocycles. The fourth-order valence-electron chi connectivity index (χ4n) is 4.62. The summed E-state index contributed by atoms with van der Waals surface area (Å²) in [5, 5.41) is 20.7. The third-order valence-corrected chi connectivity index (χ3v) is 6.12. The summed E-state index contributed by atoms with van der Waals surface area (Å²) in [5.41, 5.74) is -2.69. The second-order valence-electron chi connectivity index (χ2n) is 16.1. The first-order chi connectivity index (χ1) is 23.7. The normalized spacial score (nSPS) is 12.0. The Hall–Kier alpha value is -4.88. The number of esters is 4. The van der Waals surface area contributed by atoms with E-state index in [4.69, 9.17) is 28.4 Å². The molecular weight excluding hydrogens is 676 g/mol. The van der Waals surface area contributed by atoms with E-state index < -0.39 is 46.3 Å². The first-order valence-electron chi connectivity index (χ1n) is 17.0. The summed E-state index contributed by atoms with van der Waals surface area (Å²) < 4.78 is 34.0. The molecular formula is C38H56N2O12. The molecule has 0 atom stereocenters. The van der Waals surface area contributed by atoms with Gasteiger partial charge >= 0.3 is 23.9 Å². The third kappa shape index (κ3) is 16.9. The molecule has 290 valence electrons. The van der Waals surface area contributed by atoms with Crippen molar-refractivity contribution in [2.75, 3.05) is 49.2 Å². The van der Waals surface area contributed by atoms with Crippen LogP contribution in [0.15, 0.2) is 36.4 Å². The Morgan fingerprint density at radius 2 is 0.731 bits per heavy atom. The second-order valence-corrected chi connectivity index (χ2v) is 16.1. The molecule has 2 N–H and O–H groups in total. The number of carbonyl (C=O) groups is 4. The van der Waals surface area contributed by atoms with Gasteiger partial charge in [-0.05, 0) is 107 Å². The van der Waals surface area contributed by atoms with Crippen LogP contribution in [0.4, 0.5) is 11.4 Å². The standard InChI is InChI=1S/C38H56N2O12/c1-35(2,3)49-31(43)21-39(22-32(44)50-36(4,5)6)27-19-25(41)13-15-29(27)47-17-18-48-30-16-14-26(42)20-28(30)40(23-33(45)51-37(7,8)9)24-34(46)52-38(10,11)12/h13-16,19-20,41-42H,17-18,21-24H2,1-12H3. The Balaban J connectivity index is 2.35. The molecule has 2 rings (SSSR count). The second kappa shape index (κ2) is 17.6. The zero-order chi connectivity index (χ0) is 39.7. The van der Waals surface area contributed by atoms with Gasteiger partial charge in [0, 0.05) is 12.1 Å². The number of phenols is 2.